The molecule has 1 N–H and O–H groups in total. The number of aromatic nitrogens is 2. The van der Waals surface area contributed by atoms with E-state index in [0.29, 0.717) is 13.2 Å². The Kier molecular flexibility index (Phi) is 6.80. The number of methoxy groups -OCH3 is 1. The second kappa shape index (κ2) is 8.61. The molecule has 126 valence electrons. The predicted molar refractivity (Wildman–Crippen MR) is 96.4 cm³/mol. The molecule has 7 heteroatoms. The van der Waals surface area contributed by atoms with Crippen LogP contribution in [0.4, 0.5) is 0 Å². The van der Waals surface area contributed by atoms with E-state index in [1.807, 2.05) is 13.8 Å². The molecule has 0 fully saturated rings. The zero-order chi connectivity index (χ0) is 16.8. The van der Waals surface area contributed by atoms with Gasteiger partial charge in [-0.2, -0.15) is 0 Å². The highest BCUT2D eigenvalue weighted by Crippen LogP contribution is 2.33. The first kappa shape index (κ1) is 18.2. The van der Waals surface area contributed by atoms with Gasteiger partial charge in [-0.05, 0) is 32.8 Å². The summed E-state index contributed by atoms with van der Waals surface area (Å²) in [6.45, 7) is 7.22. The molecule has 5 nitrogen and oxygen atoms in total. The summed E-state index contributed by atoms with van der Waals surface area (Å²) < 4.78 is 4.98. The number of aryl methyl sites for hydroxylation is 2. The van der Waals surface area contributed by atoms with Gasteiger partial charge < -0.3 is 10.1 Å². The number of carbonyl (C=O) groups excluding carboxylic acids is 1. The van der Waals surface area contributed by atoms with E-state index in [1.165, 1.54) is 16.6 Å². The molecule has 2 aromatic heterocycles. The maximum atomic E-state index is 12.2. The molecule has 0 aliphatic carbocycles. The normalized spacial score (nSPS) is 12.5. The summed E-state index contributed by atoms with van der Waals surface area (Å²) in [6, 6.07) is 2.14. The average Bonchev–Trinajstić information content (AvgIpc) is 2.94. The number of hydrogen-bond donors (Lipinski definition) is 1. The highest BCUT2D eigenvalue weighted by molar-refractivity contribution is 8.00. The van der Waals surface area contributed by atoms with Gasteiger partial charge in [0, 0.05) is 30.5 Å². The molecule has 0 aliphatic rings. The highest BCUT2D eigenvalue weighted by atomic mass is 32.2. The number of rotatable bonds is 8. The summed E-state index contributed by atoms with van der Waals surface area (Å²) >= 11 is 3.20. The molecule has 0 aliphatic heterocycles. The van der Waals surface area contributed by atoms with E-state index in [0.717, 1.165) is 33.9 Å². The lowest BCUT2D eigenvalue weighted by Crippen LogP contribution is -2.32. The minimum Gasteiger partial charge on any atom is -0.385 e. The van der Waals surface area contributed by atoms with Gasteiger partial charge in [-0.15, -0.1) is 11.3 Å². The van der Waals surface area contributed by atoms with Crippen molar-refractivity contribution in [2.45, 2.75) is 43.9 Å². The van der Waals surface area contributed by atoms with E-state index in [9.17, 15) is 4.79 Å². The van der Waals surface area contributed by atoms with Gasteiger partial charge in [-0.3, -0.25) is 4.79 Å². The van der Waals surface area contributed by atoms with Crippen molar-refractivity contribution in [3.8, 4) is 0 Å². The second-order valence-electron chi connectivity index (χ2n) is 5.26. The van der Waals surface area contributed by atoms with Gasteiger partial charge in [0.2, 0.25) is 5.91 Å². The van der Waals surface area contributed by atoms with Crippen molar-refractivity contribution in [1.82, 2.24) is 15.3 Å². The standard InChI is InChI=1S/C16H23N3O2S2/c1-5-12-9-13-15(18-11(3)19-16(13)23-12)22-10(2)14(20)17-7-6-8-21-4/h9-10H,5-8H2,1-4H3,(H,17,20). The number of ether oxygens (including phenoxy) is 1. The zero-order valence-electron chi connectivity index (χ0n) is 14.0. The summed E-state index contributed by atoms with van der Waals surface area (Å²) in [6.07, 6.45) is 1.81. The Morgan fingerprint density at radius 2 is 2.26 bits per heavy atom. The third-order valence-electron chi connectivity index (χ3n) is 3.35. The number of nitrogens with zero attached hydrogens (tertiary/aromatic N) is 2. The molecular weight excluding hydrogens is 330 g/mol. The minimum atomic E-state index is -0.194. The highest BCUT2D eigenvalue weighted by Gasteiger charge is 2.18. The van der Waals surface area contributed by atoms with E-state index in [-0.39, 0.29) is 11.2 Å². The molecule has 23 heavy (non-hydrogen) atoms. The Bertz CT molecular complexity index is 673. The third kappa shape index (κ3) is 4.89. The molecule has 1 unspecified atom stereocenters. The van der Waals surface area contributed by atoms with Crippen molar-refractivity contribution in [1.29, 1.82) is 0 Å². The van der Waals surface area contributed by atoms with Crippen LogP contribution in [0.3, 0.4) is 0 Å². The summed E-state index contributed by atoms with van der Waals surface area (Å²) in [5, 5.41) is 4.69. The van der Waals surface area contributed by atoms with Crippen molar-refractivity contribution in [3.63, 3.8) is 0 Å². The smallest absolute Gasteiger partial charge is 0.233 e. The van der Waals surface area contributed by atoms with E-state index in [4.69, 9.17) is 4.74 Å². The molecule has 0 bridgehead atoms. The molecule has 2 rings (SSSR count). The van der Waals surface area contributed by atoms with Crippen LogP contribution in [0.2, 0.25) is 0 Å². The van der Waals surface area contributed by atoms with Gasteiger partial charge in [0.1, 0.15) is 15.7 Å². The van der Waals surface area contributed by atoms with Crippen LogP contribution in [-0.4, -0.2) is 41.4 Å². The van der Waals surface area contributed by atoms with E-state index in [2.05, 4.69) is 28.3 Å². The van der Waals surface area contributed by atoms with Crippen LogP contribution in [0.5, 0.6) is 0 Å². The van der Waals surface area contributed by atoms with E-state index < -0.39 is 0 Å². The van der Waals surface area contributed by atoms with Crippen LogP contribution in [0.15, 0.2) is 11.1 Å². The van der Waals surface area contributed by atoms with Gasteiger partial charge >= 0.3 is 0 Å². The summed E-state index contributed by atoms with van der Waals surface area (Å²) in [4.78, 5) is 23.5. The minimum absolute atomic E-state index is 0.0291. The van der Waals surface area contributed by atoms with Crippen molar-refractivity contribution in [3.05, 3.63) is 16.8 Å². The number of fused-ring (bicyclic) bond motifs is 1. The molecule has 2 heterocycles. The van der Waals surface area contributed by atoms with Crippen molar-refractivity contribution < 1.29 is 9.53 Å². The monoisotopic (exact) mass is 353 g/mol. The van der Waals surface area contributed by atoms with Crippen LogP contribution in [0.1, 0.15) is 31.0 Å². The van der Waals surface area contributed by atoms with Gasteiger partial charge in [-0.1, -0.05) is 18.7 Å². The number of thiophene rings is 1. The summed E-state index contributed by atoms with van der Waals surface area (Å²) in [7, 11) is 1.66. The number of nitrogens with one attached hydrogen (secondary N) is 1. The van der Waals surface area contributed by atoms with Crippen LogP contribution in [0, 0.1) is 6.92 Å². The van der Waals surface area contributed by atoms with E-state index in [1.54, 1.807) is 18.4 Å². The van der Waals surface area contributed by atoms with Crippen molar-refractivity contribution in [2.24, 2.45) is 0 Å². The van der Waals surface area contributed by atoms with Gasteiger partial charge in [0.25, 0.3) is 0 Å². The molecular formula is C16H23N3O2S2. The first-order valence-electron chi connectivity index (χ1n) is 7.75. The average molecular weight is 354 g/mol. The first-order chi connectivity index (χ1) is 11.0. The Hall–Kier alpha value is -1.18. The largest absolute Gasteiger partial charge is 0.385 e. The first-order valence-corrected chi connectivity index (χ1v) is 9.45. The van der Waals surface area contributed by atoms with Gasteiger partial charge in [0.05, 0.1) is 5.25 Å². The fraction of sp³-hybridized carbons (Fsp3) is 0.562. The maximum absolute atomic E-state index is 12.2. The topological polar surface area (TPSA) is 64.1 Å². The van der Waals surface area contributed by atoms with Gasteiger partial charge in [-0.25, -0.2) is 9.97 Å². The molecule has 0 saturated carbocycles. The maximum Gasteiger partial charge on any atom is 0.233 e. The molecule has 2 aromatic rings. The quantitative estimate of drug-likeness (QED) is 0.448. The van der Waals surface area contributed by atoms with Crippen LogP contribution in [-0.2, 0) is 16.0 Å². The third-order valence-corrected chi connectivity index (χ3v) is 5.63. The summed E-state index contributed by atoms with van der Waals surface area (Å²) in [5.41, 5.74) is 0. The van der Waals surface area contributed by atoms with Crippen LogP contribution < -0.4 is 5.32 Å². The lowest BCUT2D eigenvalue weighted by atomic mass is 10.3. The number of thioether (sulfide) groups is 1. The summed E-state index contributed by atoms with van der Waals surface area (Å²) in [5.74, 6) is 0.777. The Morgan fingerprint density at radius 3 is 2.96 bits per heavy atom. The SMILES string of the molecule is CCc1cc2c(SC(C)C(=O)NCCCOC)nc(C)nc2s1. The van der Waals surface area contributed by atoms with E-state index >= 15 is 0 Å². The zero-order valence-corrected chi connectivity index (χ0v) is 15.6. The van der Waals surface area contributed by atoms with Crippen LogP contribution in [0.25, 0.3) is 10.2 Å². The van der Waals surface area contributed by atoms with Gasteiger partial charge in [0.15, 0.2) is 0 Å². The Morgan fingerprint density at radius 1 is 1.48 bits per heavy atom. The molecule has 0 radical (unpaired) electrons. The fourth-order valence-corrected chi connectivity index (χ4v) is 4.17. The second-order valence-corrected chi connectivity index (χ2v) is 7.70. The molecule has 0 aromatic carbocycles. The fourth-order valence-electron chi connectivity index (χ4n) is 2.10. The molecule has 1 atom stereocenters. The number of carbonyl (C=O) groups is 1. The number of hydrogen-bond acceptors (Lipinski definition) is 6. The molecule has 0 saturated heterocycles. The van der Waals surface area contributed by atoms with Crippen molar-refractivity contribution >= 4 is 39.2 Å². The predicted octanol–water partition coefficient (Wildman–Crippen LogP) is 3.20. The molecule has 1 amide bonds. The molecule has 0 spiro atoms. The lowest BCUT2D eigenvalue weighted by Gasteiger charge is -2.12. The van der Waals surface area contributed by atoms with Crippen molar-refractivity contribution in [2.75, 3.05) is 20.3 Å². The lowest BCUT2D eigenvalue weighted by molar-refractivity contribution is -0.120. The Labute approximate surface area is 145 Å². The van der Waals surface area contributed by atoms with Crippen LogP contribution >= 0.6 is 23.1 Å². The number of amides is 1. The Balaban J connectivity index is 2.08.